The summed E-state index contributed by atoms with van der Waals surface area (Å²) in [7, 11) is 0. The minimum absolute atomic E-state index is 0.591. The van der Waals surface area contributed by atoms with Crippen molar-refractivity contribution in [2.24, 2.45) is 5.73 Å². The molecule has 0 bridgehead atoms. The Bertz CT molecular complexity index is 551. The number of benzene rings is 1. The van der Waals surface area contributed by atoms with Crippen LogP contribution in [0.25, 0.3) is 11.3 Å². The van der Waals surface area contributed by atoms with Crippen LogP contribution >= 0.6 is 0 Å². The molecule has 3 rings (SSSR count). The number of imidazole rings is 1. The Morgan fingerprint density at radius 2 is 2.06 bits per heavy atom. The van der Waals surface area contributed by atoms with Gasteiger partial charge in [-0.3, -0.25) is 0 Å². The highest BCUT2D eigenvalue weighted by Crippen LogP contribution is 2.34. The second kappa shape index (κ2) is 4.70. The largest absolute Gasteiger partial charge is 0.486 e. The zero-order chi connectivity index (χ0) is 12.4. The quantitative estimate of drug-likeness (QED) is 0.884. The summed E-state index contributed by atoms with van der Waals surface area (Å²) in [4.78, 5) is 4.16. The van der Waals surface area contributed by atoms with Crippen molar-refractivity contribution in [1.82, 2.24) is 9.55 Å². The molecule has 0 unspecified atom stereocenters. The van der Waals surface area contributed by atoms with Gasteiger partial charge in [0.15, 0.2) is 11.5 Å². The van der Waals surface area contributed by atoms with Crippen LogP contribution in [0.4, 0.5) is 0 Å². The summed E-state index contributed by atoms with van der Waals surface area (Å²) in [5.74, 6) is 1.59. The van der Waals surface area contributed by atoms with Gasteiger partial charge in [-0.1, -0.05) is 0 Å². The predicted molar refractivity (Wildman–Crippen MR) is 67.7 cm³/mol. The minimum atomic E-state index is 0.591. The van der Waals surface area contributed by atoms with Crippen LogP contribution in [0.1, 0.15) is 0 Å². The summed E-state index contributed by atoms with van der Waals surface area (Å²) in [6, 6.07) is 5.93. The van der Waals surface area contributed by atoms with E-state index in [-0.39, 0.29) is 0 Å². The lowest BCUT2D eigenvalue weighted by Crippen LogP contribution is -2.15. The number of nitrogens with zero attached hydrogens (tertiary/aromatic N) is 2. The number of rotatable bonds is 3. The van der Waals surface area contributed by atoms with Gasteiger partial charge in [0, 0.05) is 18.7 Å². The van der Waals surface area contributed by atoms with Crippen molar-refractivity contribution in [2.75, 3.05) is 19.8 Å². The summed E-state index contributed by atoms with van der Waals surface area (Å²) in [5.41, 5.74) is 7.68. The van der Waals surface area contributed by atoms with Crippen molar-refractivity contribution in [1.29, 1.82) is 0 Å². The molecule has 18 heavy (non-hydrogen) atoms. The summed E-state index contributed by atoms with van der Waals surface area (Å²) in [6.07, 6.45) is 3.63. The molecule has 1 aromatic carbocycles. The summed E-state index contributed by atoms with van der Waals surface area (Å²) >= 11 is 0. The molecule has 1 aliphatic heterocycles. The van der Waals surface area contributed by atoms with E-state index in [0.717, 1.165) is 29.3 Å². The van der Waals surface area contributed by atoms with E-state index in [4.69, 9.17) is 15.2 Å². The van der Waals surface area contributed by atoms with Crippen LogP contribution in [0, 0.1) is 0 Å². The fourth-order valence-electron chi connectivity index (χ4n) is 2.08. The second-order valence-electron chi connectivity index (χ2n) is 4.12. The third-order valence-electron chi connectivity index (χ3n) is 2.92. The van der Waals surface area contributed by atoms with Crippen LogP contribution in [0.3, 0.4) is 0 Å². The Labute approximate surface area is 105 Å². The Balaban J connectivity index is 1.98. The summed E-state index contributed by atoms with van der Waals surface area (Å²) < 4.78 is 13.1. The summed E-state index contributed by atoms with van der Waals surface area (Å²) in [6.45, 7) is 2.55. The van der Waals surface area contributed by atoms with Crippen molar-refractivity contribution < 1.29 is 9.47 Å². The number of fused-ring (bicyclic) bond motifs is 1. The summed E-state index contributed by atoms with van der Waals surface area (Å²) in [5, 5.41) is 0. The standard InChI is InChI=1S/C13H15N3O2/c14-3-4-16-9-15-8-11(16)10-1-2-12-13(7-10)18-6-5-17-12/h1-2,7-9H,3-6,14H2. The van der Waals surface area contributed by atoms with Gasteiger partial charge in [-0.25, -0.2) is 4.98 Å². The molecule has 2 N–H and O–H groups in total. The van der Waals surface area contributed by atoms with Gasteiger partial charge in [-0.2, -0.15) is 0 Å². The Morgan fingerprint density at radius 3 is 2.89 bits per heavy atom. The van der Waals surface area contributed by atoms with Crippen LogP contribution in [0.2, 0.25) is 0 Å². The molecule has 2 aromatic rings. The second-order valence-corrected chi connectivity index (χ2v) is 4.12. The maximum Gasteiger partial charge on any atom is 0.162 e. The van der Waals surface area contributed by atoms with Crippen molar-refractivity contribution in [3.8, 4) is 22.8 Å². The molecule has 5 heteroatoms. The first kappa shape index (κ1) is 11.1. The first-order valence-electron chi connectivity index (χ1n) is 5.98. The normalized spacial score (nSPS) is 13.6. The molecule has 5 nitrogen and oxygen atoms in total. The molecule has 1 aliphatic rings. The Hall–Kier alpha value is -2.01. The maximum absolute atomic E-state index is 5.58. The van der Waals surface area contributed by atoms with Crippen LogP contribution < -0.4 is 15.2 Å². The molecule has 94 valence electrons. The van der Waals surface area contributed by atoms with Gasteiger partial charge in [0.2, 0.25) is 0 Å². The lowest BCUT2D eigenvalue weighted by Gasteiger charge is -2.19. The molecule has 0 atom stereocenters. The first-order chi connectivity index (χ1) is 8.88. The monoisotopic (exact) mass is 245 g/mol. The fourth-order valence-corrected chi connectivity index (χ4v) is 2.08. The zero-order valence-electron chi connectivity index (χ0n) is 10.0. The molecule has 1 aromatic heterocycles. The van der Waals surface area contributed by atoms with Gasteiger partial charge < -0.3 is 19.8 Å². The van der Waals surface area contributed by atoms with E-state index >= 15 is 0 Å². The molecule has 0 amide bonds. The first-order valence-corrected chi connectivity index (χ1v) is 5.98. The number of hydrogen-bond acceptors (Lipinski definition) is 4. The van der Waals surface area contributed by atoms with E-state index in [0.29, 0.717) is 19.8 Å². The molecule has 0 aliphatic carbocycles. The highest BCUT2D eigenvalue weighted by molar-refractivity contribution is 5.64. The zero-order valence-corrected chi connectivity index (χ0v) is 10.0. The van der Waals surface area contributed by atoms with Crippen LogP contribution in [0.15, 0.2) is 30.7 Å². The molecular formula is C13H15N3O2. The number of aromatic nitrogens is 2. The molecule has 0 radical (unpaired) electrons. The Morgan fingerprint density at radius 1 is 1.22 bits per heavy atom. The van der Waals surface area contributed by atoms with Crippen molar-refractivity contribution in [3.63, 3.8) is 0 Å². The van der Waals surface area contributed by atoms with E-state index < -0.39 is 0 Å². The number of hydrogen-bond donors (Lipinski definition) is 1. The fraction of sp³-hybridized carbons (Fsp3) is 0.308. The third-order valence-corrected chi connectivity index (χ3v) is 2.92. The van der Waals surface area contributed by atoms with E-state index in [1.807, 2.05) is 29.0 Å². The molecule has 0 spiro atoms. The van der Waals surface area contributed by atoms with Crippen LogP contribution in [-0.2, 0) is 6.54 Å². The van der Waals surface area contributed by atoms with E-state index in [9.17, 15) is 0 Å². The molecule has 2 heterocycles. The van der Waals surface area contributed by atoms with Crippen LogP contribution in [-0.4, -0.2) is 29.3 Å². The molecule has 0 fully saturated rings. The average molecular weight is 245 g/mol. The van der Waals surface area contributed by atoms with Gasteiger partial charge in [-0.15, -0.1) is 0 Å². The van der Waals surface area contributed by atoms with E-state index in [1.54, 1.807) is 6.33 Å². The van der Waals surface area contributed by atoms with Crippen molar-refractivity contribution in [2.45, 2.75) is 6.54 Å². The SMILES string of the molecule is NCCn1cncc1-c1ccc2c(c1)OCCO2. The number of nitrogens with two attached hydrogens (primary N) is 1. The van der Waals surface area contributed by atoms with Gasteiger partial charge in [0.05, 0.1) is 18.2 Å². The average Bonchev–Trinajstić information content (AvgIpc) is 2.87. The lowest BCUT2D eigenvalue weighted by molar-refractivity contribution is 0.171. The molecule has 0 saturated heterocycles. The number of ether oxygens (including phenoxy) is 2. The van der Waals surface area contributed by atoms with Crippen molar-refractivity contribution in [3.05, 3.63) is 30.7 Å². The van der Waals surface area contributed by atoms with Gasteiger partial charge in [0.25, 0.3) is 0 Å². The predicted octanol–water partition coefficient (Wildman–Crippen LogP) is 1.28. The highest BCUT2D eigenvalue weighted by Gasteiger charge is 2.13. The Kier molecular flexibility index (Phi) is 2.90. The topological polar surface area (TPSA) is 62.3 Å². The third kappa shape index (κ3) is 1.93. The van der Waals surface area contributed by atoms with Gasteiger partial charge >= 0.3 is 0 Å². The maximum atomic E-state index is 5.58. The lowest BCUT2D eigenvalue weighted by atomic mass is 10.1. The van der Waals surface area contributed by atoms with Gasteiger partial charge in [0.1, 0.15) is 13.2 Å². The van der Waals surface area contributed by atoms with Crippen molar-refractivity contribution >= 4 is 0 Å². The minimum Gasteiger partial charge on any atom is -0.486 e. The van der Waals surface area contributed by atoms with Crippen LogP contribution in [0.5, 0.6) is 11.5 Å². The smallest absolute Gasteiger partial charge is 0.162 e. The van der Waals surface area contributed by atoms with Gasteiger partial charge in [-0.05, 0) is 18.2 Å². The molecular weight excluding hydrogens is 230 g/mol. The highest BCUT2D eigenvalue weighted by atomic mass is 16.6. The molecule has 0 saturated carbocycles. The van der Waals surface area contributed by atoms with E-state index in [2.05, 4.69) is 4.98 Å². The van der Waals surface area contributed by atoms with E-state index in [1.165, 1.54) is 0 Å².